The first-order valence-electron chi connectivity index (χ1n) is 13.8. The lowest BCUT2D eigenvalue weighted by atomic mass is 10.0. The minimum atomic E-state index is -0.711. The molecule has 1 aliphatic heterocycles. The number of nitrogens with one attached hydrogen (secondary N) is 1. The zero-order valence-corrected chi connectivity index (χ0v) is 23.1. The van der Waals surface area contributed by atoms with Crippen LogP contribution >= 0.6 is 0 Å². The van der Waals surface area contributed by atoms with Crippen LogP contribution in [0, 0.1) is 0 Å². The van der Waals surface area contributed by atoms with Gasteiger partial charge >= 0.3 is 0 Å². The molecule has 0 aromatic heterocycles. The van der Waals surface area contributed by atoms with Crippen LogP contribution in [0.1, 0.15) is 28.7 Å². The molecular weight excluding hydrogens is 516 g/mol. The van der Waals surface area contributed by atoms with E-state index in [-0.39, 0.29) is 18.6 Å². The number of rotatable bonds is 12. The summed E-state index contributed by atoms with van der Waals surface area (Å²) in [4.78, 5) is 29.5. The quantitative estimate of drug-likeness (QED) is 0.259. The number of nitrogens with zero attached hydrogens (tertiary/aromatic N) is 1. The summed E-state index contributed by atoms with van der Waals surface area (Å²) in [6.07, 6.45) is 1.28. The van der Waals surface area contributed by atoms with Crippen LogP contribution < -0.4 is 19.5 Å². The van der Waals surface area contributed by atoms with Gasteiger partial charge in [-0.3, -0.25) is 9.59 Å². The first-order valence-corrected chi connectivity index (χ1v) is 13.8. The molecule has 0 spiro atoms. The van der Waals surface area contributed by atoms with Crippen molar-refractivity contribution >= 4 is 11.8 Å². The molecule has 0 bridgehead atoms. The maximum atomic E-state index is 13.9. The lowest BCUT2D eigenvalue weighted by Crippen LogP contribution is -2.50. The average Bonchev–Trinajstić information content (AvgIpc) is 3.50. The number of hydrogen-bond acceptors (Lipinski definition) is 5. The molecule has 1 aliphatic rings. The lowest BCUT2D eigenvalue weighted by molar-refractivity contribution is -0.141. The minimum Gasteiger partial charge on any atom is -0.497 e. The Hall–Kier alpha value is -4.78. The first-order chi connectivity index (χ1) is 20.1. The topological polar surface area (TPSA) is 77.1 Å². The number of ether oxygens (including phenoxy) is 3. The number of hydrogen-bond donors (Lipinski definition) is 1. The minimum absolute atomic E-state index is 0.0798. The van der Waals surface area contributed by atoms with Crippen molar-refractivity contribution in [2.75, 3.05) is 13.9 Å². The molecule has 41 heavy (non-hydrogen) atoms. The highest BCUT2D eigenvalue weighted by Crippen LogP contribution is 2.32. The SMILES string of the molecule is COc1ccc(CN(C(=O)CCc2ccccc2)[C@H](Cc2ccccc2)C(=O)NCc2ccc3c(c2)OCO3)cc1. The Kier molecular flexibility index (Phi) is 9.16. The van der Waals surface area contributed by atoms with E-state index in [0.717, 1.165) is 28.0 Å². The van der Waals surface area contributed by atoms with E-state index >= 15 is 0 Å². The Balaban J connectivity index is 1.39. The molecule has 0 saturated carbocycles. The Bertz CT molecular complexity index is 1440. The van der Waals surface area contributed by atoms with Crippen LogP contribution in [0.25, 0.3) is 0 Å². The number of aryl methyl sites for hydroxylation is 1. The number of carbonyl (C=O) groups excluding carboxylic acids is 2. The first kappa shape index (κ1) is 27.8. The van der Waals surface area contributed by atoms with Crippen molar-refractivity contribution < 1.29 is 23.8 Å². The van der Waals surface area contributed by atoms with Gasteiger partial charge in [0.05, 0.1) is 7.11 Å². The molecule has 1 N–H and O–H groups in total. The highest BCUT2D eigenvalue weighted by atomic mass is 16.7. The van der Waals surface area contributed by atoms with Crippen molar-refractivity contribution in [2.24, 2.45) is 0 Å². The molecule has 7 nitrogen and oxygen atoms in total. The van der Waals surface area contributed by atoms with Gasteiger partial charge in [-0.2, -0.15) is 0 Å². The zero-order valence-electron chi connectivity index (χ0n) is 23.1. The summed E-state index contributed by atoms with van der Waals surface area (Å²) in [7, 11) is 1.62. The molecule has 5 rings (SSSR count). The van der Waals surface area contributed by atoms with E-state index in [2.05, 4.69) is 5.32 Å². The molecule has 0 unspecified atom stereocenters. The molecule has 0 fully saturated rings. The second kappa shape index (κ2) is 13.5. The second-order valence-electron chi connectivity index (χ2n) is 9.97. The van der Waals surface area contributed by atoms with Crippen molar-refractivity contribution in [3.8, 4) is 17.2 Å². The lowest BCUT2D eigenvalue weighted by Gasteiger charge is -2.32. The third-order valence-corrected chi connectivity index (χ3v) is 7.16. The predicted molar refractivity (Wildman–Crippen MR) is 157 cm³/mol. The van der Waals surface area contributed by atoms with Crippen molar-refractivity contribution in [1.82, 2.24) is 10.2 Å². The third-order valence-electron chi connectivity index (χ3n) is 7.16. The van der Waals surface area contributed by atoms with E-state index in [1.165, 1.54) is 0 Å². The fourth-order valence-electron chi connectivity index (χ4n) is 4.88. The molecule has 1 atom stereocenters. The van der Waals surface area contributed by atoms with Crippen LogP contribution in [0.15, 0.2) is 103 Å². The highest BCUT2D eigenvalue weighted by Gasteiger charge is 2.30. The molecule has 0 aliphatic carbocycles. The molecule has 1 heterocycles. The largest absolute Gasteiger partial charge is 0.497 e. The standard InChI is InChI=1S/C34H34N2O5/c1-39-29-16-12-27(13-17-29)23-36(33(37)19-15-25-8-4-2-5-9-25)30(20-26-10-6-3-7-11-26)34(38)35-22-28-14-18-31-32(21-28)41-24-40-31/h2-14,16-18,21,30H,15,19-20,22-24H2,1H3,(H,35,38)/t30-/m1/s1. The van der Waals surface area contributed by atoms with Gasteiger partial charge in [-0.1, -0.05) is 78.9 Å². The van der Waals surface area contributed by atoms with Crippen molar-refractivity contribution in [3.05, 3.63) is 125 Å². The normalized spacial score (nSPS) is 12.4. The van der Waals surface area contributed by atoms with E-state index in [9.17, 15) is 9.59 Å². The Morgan fingerprint density at radius 2 is 1.46 bits per heavy atom. The van der Waals surface area contributed by atoms with Crippen molar-refractivity contribution in [3.63, 3.8) is 0 Å². The number of carbonyl (C=O) groups is 2. The molecule has 4 aromatic rings. The van der Waals surface area contributed by atoms with Gasteiger partial charge in [-0.05, 0) is 52.9 Å². The van der Waals surface area contributed by atoms with E-state index in [4.69, 9.17) is 14.2 Å². The number of amides is 2. The van der Waals surface area contributed by atoms with Gasteiger partial charge in [0.1, 0.15) is 11.8 Å². The van der Waals surface area contributed by atoms with Crippen LogP contribution in [-0.2, 0) is 35.5 Å². The smallest absolute Gasteiger partial charge is 0.243 e. The number of fused-ring (bicyclic) bond motifs is 1. The monoisotopic (exact) mass is 550 g/mol. The van der Waals surface area contributed by atoms with Gasteiger partial charge in [0.2, 0.25) is 18.6 Å². The molecule has 0 saturated heterocycles. The van der Waals surface area contributed by atoms with Gasteiger partial charge < -0.3 is 24.4 Å². The maximum Gasteiger partial charge on any atom is 0.243 e. The van der Waals surface area contributed by atoms with Gasteiger partial charge in [0.15, 0.2) is 11.5 Å². The summed E-state index contributed by atoms with van der Waals surface area (Å²) in [6.45, 7) is 0.789. The molecular formula is C34H34N2O5. The molecule has 210 valence electrons. The Labute approximate surface area is 240 Å². The second-order valence-corrected chi connectivity index (χ2v) is 9.97. The summed E-state index contributed by atoms with van der Waals surface area (Å²) in [5.74, 6) is 1.79. The van der Waals surface area contributed by atoms with E-state index in [1.54, 1.807) is 12.0 Å². The summed E-state index contributed by atoms with van der Waals surface area (Å²) < 4.78 is 16.2. The van der Waals surface area contributed by atoms with Crippen LogP contribution in [0.2, 0.25) is 0 Å². The molecule has 2 amide bonds. The van der Waals surface area contributed by atoms with Crippen molar-refractivity contribution in [1.29, 1.82) is 0 Å². The van der Waals surface area contributed by atoms with Crippen LogP contribution in [0.4, 0.5) is 0 Å². The summed E-state index contributed by atoms with van der Waals surface area (Å²) in [5.41, 5.74) is 3.86. The maximum absolute atomic E-state index is 13.9. The fraction of sp³-hybridized carbons (Fsp3) is 0.235. The van der Waals surface area contributed by atoms with E-state index in [1.807, 2.05) is 103 Å². The molecule has 0 radical (unpaired) electrons. The van der Waals surface area contributed by atoms with Gasteiger partial charge in [-0.15, -0.1) is 0 Å². The van der Waals surface area contributed by atoms with Crippen LogP contribution in [0.3, 0.4) is 0 Å². The highest BCUT2D eigenvalue weighted by molar-refractivity contribution is 5.88. The van der Waals surface area contributed by atoms with Crippen molar-refractivity contribution in [2.45, 2.75) is 38.4 Å². The summed E-state index contributed by atoms with van der Waals surface area (Å²) in [6, 6.07) is 32.2. The fourth-order valence-corrected chi connectivity index (χ4v) is 4.88. The van der Waals surface area contributed by atoms with Crippen LogP contribution in [0.5, 0.6) is 17.2 Å². The summed E-state index contributed by atoms with van der Waals surface area (Å²) in [5, 5.41) is 3.07. The molecule has 4 aromatic carbocycles. The predicted octanol–water partition coefficient (Wildman–Crippen LogP) is 5.31. The molecule has 7 heteroatoms. The summed E-state index contributed by atoms with van der Waals surface area (Å²) >= 11 is 0. The van der Waals surface area contributed by atoms with Gasteiger partial charge in [0.25, 0.3) is 0 Å². The van der Waals surface area contributed by atoms with E-state index < -0.39 is 6.04 Å². The van der Waals surface area contributed by atoms with E-state index in [0.29, 0.717) is 43.9 Å². The third kappa shape index (κ3) is 7.45. The number of benzene rings is 4. The van der Waals surface area contributed by atoms with Crippen LogP contribution in [-0.4, -0.2) is 36.7 Å². The zero-order chi connectivity index (χ0) is 28.4. The average molecular weight is 551 g/mol. The number of methoxy groups -OCH3 is 1. The van der Waals surface area contributed by atoms with Gasteiger partial charge in [0, 0.05) is 25.9 Å². The van der Waals surface area contributed by atoms with Gasteiger partial charge in [-0.25, -0.2) is 0 Å². The Morgan fingerprint density at radius 3 is 2.17 bits per heavy atom. The Morgan fingerprint density at radius 1 is 0.805 bits per heavy atom.